The topological polar surface area (TPSA) is 29.3 Å². The van der Waals surface area contributed by atoms with Gasteiger partial charge in [0.1, 0.15) is 0 Å². The first kappa shape index (κ1) is 26.5. The van der Waals surface area contributed by atoms with E-state index >= 15 is 0 Å². The third-order valence-corrected chi connectivity index (χ3v) is 2.05. The summed E-state index contributed by atoms with van der Waals surface area (Å²) in [7, 11) is 0. The van der Waals surface area contributed by atoms with Crippen molar-refractivity contribution in [3.8, 4) is 0 Å². The first-order valence-electron chi connectivity index (χ1n) is 6.64. The molecule has 1 heterocycles. The third kappa shape index (κ3) is 21.2. The minimum atomic E-state index is 0. The molecule has 1 fully saturated rings. The van der Waals surface area contributed by atoms with Crippen LogP contribution >= 0.6 is 0 Å². The number of likely N-dealkylation sites (tertiary alicyclic amines) is 1. The van der Waals surface area contributed by atoms with Gasteiger partial charge in [-0.15, -0.1) is 0 Å². The highest BCUT2D eigenvalue weighted by molar-refractivity contribution is 4.79. The van der Waals surface area contributed by atoms with Crippen molar-refractivity contribution >= 4 is 0 Å². The van der Waals surface area contributed by atoms with Crippen LogP contribution in [0.25, 0.3) is 0 Å². The molecular formula is C16H42N2. The van der Waals surface area contributed by atoms with Crippen LogP contribution in [0.2, 0.25) is 0 Å². The van der Waals surface area contributed by atoms with Crippen molar-refractivity contribution in [2.45, 2.75) is 94.2 Å². The summed E-state index contributed by atoms with van der Waals surface area (Å²) in [6.07, 6.45) is 2.80. The quantitative estimate of drug-likeness (QED) is 0.671. The Balaban J connectivity index is -0.0000000959. The molecule has 0 amide bonds. The summed E-state index contributed by atoms with van der Waals surface area (Å²) in [6.45, 7) is 19.4. The van der Waals surface area contributed by atoms with Crippen LogP contribution in [-0.4, -0.2) is 29.1 Å². The molecule has 2 N–H and O–H groups in total. The van der Waals surface area contributed by atoms with Crippen LogP contribution < -0.4 is 5.73 Å². The van der Waals surface area contributed by atoms with Crippen LogP contribution in [-0.2, 0) is 0 Å². The van der Waals surface area contributed by atoms with Gasteiger partial charge >= 0.3 is 0 Å². The number of nitrogens with two attached hydrogens (primary N) is 1. The molecule has 0 aromatic heterocycles. The van der Waals surface area contributed by atoms with E-state index in [9.17, 15) is 0 Å². The maximum absolute atomic E-state index is 5.35. The second-order valence-electron chi connectivity index (χ2n) is 6.23. The van der Waals surface area contributed by atoms with Crippen LogP contribution in [0.3, 0.4) is 0 Å². The van der Waals surface area contributed by atoms with Gasteiger partial charge in [0, 0.05) is 11.1 Å². The molecule has 0 bridgehead atoms. The average molecular weight is 263 g/mol. The standard InChI is InChI=1S/C8H17N.C4H11N.C2H6.2CH4/c1-8(2,3)9-6-4-5-7-9;1-4(2,3)5;1-2;;/h4-7H2,1-3H3;5H2,1-3H3;1-2H3;2*1H4. The van der Waals surface area contributed by atoms with E-state index in [4.69, 9.17) is 5.73 Å². The lowest BCUT2D eigenvalue weighted by Gasteiger charge is -2.31. The van der Waals surface area contributed by atoms with Crippen LogP contribution in [0.5, 0.6) is 0 Å². The van der Waals surface area contributed by atoms with Crippen molar-refractivity contribution < 1.29 is 0 Å². The minimum absolute atomic E-state index is 0. The molecule has 1 rings (SSSR count). The molecule has 116 valence electrons. The van der Waals surface area contributed by atoms with Gasteiger partial charge in [-0.05, 0) is 67.5 Å². The summed E-state index contributed by atoms with van der Waals surface area (Å²) in [5, 5.41) is 0. The Morgan fingerprint density at radius 3 is 1.11 bits per heavy atom. The average Bonchev–Trinajstić information content (AvgIpc) is 2.55. The molecule has 0 unspecified atom stereocenters. The van der Waals surface area contributed by atoms with E-state index < -0.39 is 0 Å². The Morgan fingerprint density at radius 2 is 1.00 bits per heavy atom. The maximum Gasteiger partial charge on any atom is 0.0125 e. The largest absolute Gasteiger partial charge is 0.326 e. The zero-order chi connectivity index (χ0) is 13.4. The van der Waals surface area contributed by atoms with E-state index in [0.717, 1.165) is 0 Å². The van der Waals surface area contributed by atoms with Gasteiger partial charge in [-0.1, -0.05) is 28.7 Å². The zero-order valence-corrected chi connectivity index (χ0v) is 12.9. The highest BCUT2D eigenvalue weighted by atomic mass is 15.2. The van der Waals surface area contributed by atoms with Crippen LogP contribution in [0.15, 0.2) is 0 Å². The summed E-state index contributed by atoms with van der Waals surface area (Å²) >= 11 is 0. The monoisotopic (exact) mass is 262 g/mol. The first-order chi connectivity index (χ1) is 7.11. The molecule has 0 aromatic carbocycles. The fourth-order valence-electron chi connectivity index (χ4n) is 1.39. The molecule has 2 nitrogen and oxygen atoms in total. The molecule has 0 radical (unpaired) electrons. The highest BCUT2D eigenvalue weighted by Gasteiger charge is 2.23. The lowest BCUT2D eigenvalue weighted by molar-refractivity contribution is 0.175. The molecule has 0 spiro atoms. The van der Waals surface area contributed by atoms with Crippen molar-refractivity contribution in [1.82, 2.24) is 4.90 Å². The molecule has 1 saturated heterocycles. The lowest BCUT2D eigenvalue weighted by atomic mass is 10.1. The summed E-state index contributed by atoms with van der Waals surface area (Å²) < 4.78 is 0. The van der Waals surface area contributed by atoms with E-state index in [2.05, 4.69) is 25.7 Å². The minimum Gasteiger partial charge on any atom is -0.326 e. The van der Waals surface area contributed by atoms with E-state index in [0.29, 0.717) is 5.54 Å². The Bertz CT molecular complexity index is 139. The lowest BCUT2D eigenvalue weighted by Crippen LogP contribution is -2.38. The number of hydrogen-bond acceptors (Lipinski definition) is 2. The van der Waals surface area contributed by atoms with Gasteiger partial charge in [0.15, 0.2) is 0 Å². The summed E-state index contributed by atoms with van der Waals surface area (Å²) in [5.74, 6) is 0. The Hall–Kier alpha value is -0.0800. The van der Waals surface area contributed by atoms with Crippen LogP contribution in [0, 0.1) is 0 Å². The molecule has 0 saturated carbocycles. The smallest absolute Gasteiger partial charge is 0.0125 e. The van der Waals surface area contributed by atoms with E-state index in [1.165, 1.54) is 25.9 Å². The molecule has 0 aromatic rings. The van der Waals surface area contributed by atoms with E-state index in [1.807, 2.05) is 34.6 Å². The first-order valence-corrected chi connectivity index (χ1v) is 6.64. The molecule has 0 aliphatic carbocycles. The van der Waals surface area contributed by atoms with Gasteiger partial charge in [-0.25, -0.2) is 0 Å². The van der Waals surface area contributed by atoms with Gasteiger partial charge in [0.05, 0.1) is 0 Å². The Labute approximate surface area is 118 Å². The fourth-order valence-corrected chi connectivity index (χ4v) is 1.39. The molecular weight excluding hydrogens is 220 g/mol. The Kier molecular flexibility index (Phi) is 17.6. The normalized spacial score (nSPS) is 15.2. The van der Waals surface area contributed by atoms with E-state index in [-0.39, 0.29) is 20.4 Å². The molecule has 0 atom stereocenters. The van der Waals surface area contributed by atoms with Gasteiger partial charge in [0.2, 0.25) is 0 Å². The number of rotatable bonds is 0. The number of hydrogen-bond donors (Lipinski definition) is 1. The van der Waals surface area contributed by atoms with Crippen LogP contribution in [0.1, 0.15) is 83.1 Å². The van der Waals surface area contributed by atoms with Crippen molar-refractivity contribution in [2.75, 3.05) is 13.1 Å². The van der Waals surface area contributed by atoms with Crippen molar-refractivity contribution in [3.05, 3.63) is 0 Å². The predicted molar refractivity (Wildman–Crippen MR) is 89.3 cm³/mol. The SMILES string of the molecule is C.C.CC.CC(C)(C)N.CC(C)(C)N1CCCC1. The summed E-state index contributed by atoms with van der Waals surface area (Å²) in [5.41, 5.74) is 5.77. The fraction of sp³-hybridized carbons (Fsp3) is 1.00. The second kappa shape index (κ2) is 12.0. The Morgan fingerprint density at radius 1 is 0.778 bits per heavy atom. The molecule has 1 aliphatic rings. The maximum atomic E-state index is 5.35. The van der Waals surface area contributed by atoms with Crippen molar-refractivity contribution in [1.29, 1.82) is 0 Å². The zero-order valence-electron chi connectivity index (χ0n) is 12.9. The second-order valence-corrected chi connectivity index (χ2v) is 6.23. The summed E-state index contributed by atoms with van der Waals surface area (Å²) in [4.78, 5) is 2.55. The molecule has 18 heavy (non-hydrogen) atoms. The van der Waals surface area contributed by atoms with Gasteiger partial charge in [0.25, 0.3) is 0 Å². The predicted octanol–water partition coefficient (Wildman–Crippen LogP) is 4.92. The highest BCUT2D eigenvalue weighted by Crippen LogP contribution is 2.19. The van der Waals surface area contributed by atoms with Crippen LogP contribution in [0.4, 0.5) is 0 Å². The third-order valence-electron chi connectivity index (χ3n) is 2.05. The van der Waals surface area contributed by atoms with Crippen molar-refractivity contribution in [2.24, 2.45) is 5.73 Å². The molecule has 2 heteroatoms. The van der Waals surface area contributed by atoms with Gasteiger partial charge < -0.3 is 5.73 Å². The molecule has 1 aliphatic heterocycles. The van der Waals surface area contributed by atoms with Crippen molar-refractivity contribution in [3.63, 3.8) is 0 Å². The number of nitrogens with zero attached hydrogens (tertiary/aromatic N) is 1. The summed E-state index contributed by atoms with van der Waals surface area (Å²) in [6, 6.07) is 0. The van der Waals surface area contributed by atoms with Gasteiger partial charge in [-0.2, -0.15) is 0 Å². The van der Waals surface area contributed by atoms with Gasteiger partial charge in [-0.3, -0.25) is 4.90 Å². The van der Waals surface area contributed by atoms with E-state index in [1.54, 1.807) is 0 Å².